The van der Waals surface area contributed by atoms with E-state index in [0.717, 1.165) is 35.6 Å². The van der Waals surface area contributed by atoms with Crippen LogP contribution in [0.1, 0.15) is 48.3 Å². The molecular weight excluding hydrogens is 405 g/mol. The van der Waals surface area contributed by atoms with E-state index in [0.29, 0.717) is 28.3 Å². The van der Waals surface area contributed by atoms with E-state index in [1.54, 1.807) is 0 Å². The molecule has 0 radical (unpaired) electrons. The molecule has 1 amide bonds. The topological polar surface area (TPSA) is 38.1 Å². The number of aromatic nitrogens is 2. The van der Waals surface area contributed by atoms with Gasteiger partial charge in [-0.3, -0.25) is 9.36 Å². The Morgan fingerprint density at radius 1 is 0.931 bits per heavy atom. The van der Waals surface area contributed by atoms with Crippen molar-refractivity contribution >= 4 is 29.1 Å². The molecule has 0 bridgehead atoms. The summed E-state index contributed by atoms with van der Waals surface area (Å²) in [6, 6.07) is 15.5. The van der Waals surface area contributed by atoms with Gasteiger partial charge in [0.1, 0.15) is 5.82 Å². The van der Waals surface area contributed by atoms with Gasteiger partial charge in [-0.2, -0.15) is 0 Å². The van der Waals surface area contributed by atoms with Crippen LogP contribution < -0.4 is 0 Å². The van der Waals surface area contributed by atoms with Crippen LogP contribution in [-0.2, 0) is 6.54 Å². The molecule has 0 atom stereocenters. The fraction of sp³-hybridized carbons (Fsp3) is 0.304. The Balaban J connectivity index is 1.64. The largest absolute Gasteiger partial charge is 0.328 e. The summed E-state index contributed by atoms with van der Waals surface area (Å²) in [6.07, 6.45) is 5.79. The summed E-state index contributed by atoms with van der Waals surface area (Å²) in [5.41, 5.74) is 3.20. The Hall–Kier alpha value is -2.30. The lowest BCUT2D eigenvalue weighted by Crippen LogP contribution is -2.37. The molecule has 6 heteroatoms. The van der Waals surface area contributed by atoms with Crippen molar-refractivity contribution in [2.24, 2.45) is 0 Å². The van der Waals surface area contributed by atoms with E-state index < -0.39 is 0 Å². The van der Waals surface area contributed by atoms with Crippen LogP contribution in [0.5, 0.6) is 0 Å². The van der Waals surface area contributed by atoms with E-state index in [-0.39, 0.29) is 5.91 Å². The van der Waals surface area contributed by atoms with E-state index in [1.165, 1.54) is 19.3 Å². The minimum Gasteiger partial charge on any atom is -0.328 e. The first-order valence-electron chi connectivity index (χ1n) is 10.1. The highest BCUT2D eigenvalue weighted by Crippen LogP contribution is 2.37. The molecule has 2 heterocycles. The van der Waals surface area contributed by atoms with Crippen molar-refractivity contribution < 1.29 is 4.79 Å². The number of carbonyl (C=O) groups excluding carboxylic acids is 1. The van der Waals surface area contributed by atoms with E-state index in [4.69, 9.17) is 28.2 Å². The minimum absolute atomic E-state index is 0.0351. The molecular formula is C23H21Cl2N3O. The van der Waals surface area contributed by atoms with Crippen LogP contribution in [0, 0.1) is 0 Å². The normalized spacial score (nSPS) is 17.0. The third-order valence-electron chi connectivity index (χ3n) is 5.97. The summed E-state index contributed by atoms with van der Waals surface area (Å²) in [5.74, 6) is 0.754. The van der Waals surface area contributed by atoms with E-state index in [2.05, 4.69) is 0 Å². The summed E-state index contributed by atoms with van der Waals surface area (Å²) < 4.78 is 2.04. The van der Waals surface area contributed by atoms with Crippen LogP contribution in [0.4, 0.5) is 0 Å². The van der Waals surface area contributed by atoms with Gasteiger partial charge in [0.2, 0.25) is 0 Å². The summed E-state index contributed by atoms with van der Waals surface area (Å²) in [6.45, 7) is 0.574. The number of amides is 1. The van der Waals surface area contributed by atoms with Gasteiger partial charge in [-0.1, -0.05) is 54.6 Å². The first-order chi connectivity index (χ1) is 14.1. The smallest absolute Gasteiger partial charge is 0.275 e. The van der Waals surface area contributed by atoms with Crippen LogP contribution in [-0.4, -0.2) is 26.4 Å². The molecule has 2 aromatic carbocycles. The van der Waals surface area contributed by atoms with Gasteiger partial charge in [0.05, 0.1) is 22.9 Å². The lowest BCUT2D eigenvalue weighted by atomic mass is 9.94. The number of imidazole rings is 1. The van der Waals surface area contributed by atoms with Crippen LogP contribution in [0.25, 0.3) is 17.1 Å². The average molecular weight is 426 g/mol. The third-order valence-corrected chi connectivity index (χ3v) is 6.54. The molecule has 1 aromatic heterocycles. The summed E-state index contributed by atoms with van der Waals surface area (Å²) >= 11 is 12.6. The highest BCUT2D eigenvalue weighted by atomic mass is 35.5. The molecule has 4 nitrogen and oxygen atoms in total. The standard InChI is InChI=1S/C23H21Cl2N3O/c24-16-12-10-15(11-13-16)22-26-21-20(28(22)19-9-5-4-8-18(19)25)14-27(23(21)29)17-6-2-1-3-7-17/h4-5,8-13,17H,1-3,6-7,14H2. The van der Waals surface area contributed by atoms with Crippen LogP contribution in [0.15, 0.2) is 48.5 Å². The highest BCUT2D eigenvalue weighted by molar-refractivity contribution is 6.32. The molecule has 1 fully saturated rings. The first kappa shape index (κ1) is 18.7. The number of halogens is 2. The Morgan fingerprint density at radius 2 is 1.66 bits per heavy atom. The molecule has 3 aromatic rings. The predicted molar refractivity (Wildman–Crippen MR) is 116 cm³/mol. The molecule has 2 aliphatic rings. The lowest BCUT2D eigenvalue weighted by Gasteiger charge is -2.31. The number of hydrogen-bond acceptors (Lipinski definition) is 2. The van der Waals surface area contributed by atoms with Crippen molar-refractivity contribution in [3.05, 3.63) is 70.0 Å². The SMILES string of the molecule is O=C1c2nc(-c3ccc(Cl)cc3)n(-c3ccccc3Cl)c2CN1C1CCCCC1. The van der Waals surface area contributed by atoms with Gasteiger partial charge in [-0.25, -0.2) is 4.98 Å². The maximum atomic E-state index is 13.3. The Kier molecular flexibility index (Phi) is 4.84. The number of carbonyl (C=O) groups is 1. The zero-order chi connectivity index (χ0) is 20.0. The van der Waals surface area contributed by atoms with Gasteiger partial charge in [0.25, 0.3) is 5.91 Å². The van der Waals surface area contributed by atoms with Gasteiger partial charge >= 0.3 is 0 Å². The average Bonchev–Trinajstić information content (AvgIpc) is 3.27. The van der Waals surface area contributed by atoms with Crippen LogP contribution in [0.3, 0.4) is 0 Å². The van der Waals surface area contributed by atoms with Gasteiger partial charge in [0, 0.05) is 16.6 Å². The van der Waals surface area contributed by atoms with Crippen molar-refractivity contribution in [1.29, 1.82) is 0 Å². The van der Waals surface area contributed by atoms with E-state index >= 15 is 0 Å². The second-order valence-electron chi connectivity index (χ2n) is 7.75. The third kappa shape index (κ3) is 3.24. The number of fused-ring (bicyclic) bond motifs is 1. The molecule has 0 spiro atoms. The Labute approximate surface area is 180 Å². The first-order valence-corrected chi connectivity index (χ1v) is 10.8. The van der Waals surface area contributed by atoms with E-state index in [9.17, 15) is 4.79 Å². The number of para-hydroxylation sites is 1. The van der Waals surface area contributed by atoms with Crippen molar-refractivity contribution in [3.63, 3.8) is 0 Å². The number of hydrogen-bond donors (Lipinski definition) is 0. The molecule has 5 rings (SSSR count). The quantitative estimate of drug-likeness (QED) is 0.505. The van der Waals surface area contributed by atoms with Crippen molar-refractivity contribution in [2.75, 3.05) is 0 Å². The van der Waals surface area contributed by atoms with E-state index in [1.807, 2.05) is 58.0 Å². The fourth-order valence-corrected chi connectivity index (χ4v) is 4.86. The fourth-order valence-electron chi connectivity index (χ4n) is 4.51. The van der Waals surface area contributed by atoms with Crippen LogP contribution >= 0.6 is 23.2 Å². The minimum atomic E-state index is 0.0351. The van der Waals surface area contributed by atoms with Crippen LogP contribution in [0.2, 0.25) is 10.0 Å². The maximum Gasteiger partial charge on any atom is 0.275 e. The zero-order valence-corrected chi connectivity index (χ0v) is 17.5. The van der Waals surface area contributed by atoms with Gasteiger partial charge < -0.3 is 4.90 Å². The molecule has 0 unspecified atom stereocenters. The Bertz CT molecular complexity index is 1070. The number of nitrogens with zero attached hydrogens (tertiary/aromatic N) is 3. The molecule has 148 valence electrons. The van der Waals surface area contributed by atoms with Gasteiger partial charge in [0.15, 0.2) is 5.69 Å². The van der Waals surface area contributed by atoms with Gasteiger partial charge in [-0.15, -0.1) is 0 Å². The van der Waals surface area contributed by atoms with Crippen molar-refractivity contribution in [3.8, 4) is 17.1 Å². The highest BCUT2D eigenvalue weighted by Gasteiger charge is 2.38. The number of benzene rings is 2. The second-order valence-corrected chi connectivity index (χ2v) is 8.59. The monoisotopic (exact) mass is 425 g/mol. The molecule has 0 saturated heterocycles. The molecule has 1 aliphatic heterocycles. The zero-order valence-electron chi connectivity index (χ0n) is 15.9. The lowest BCUT2D eigenvalue weighted by molar-refractivity contribution is 0.0653. The number of rotatable bonds is 3. The maximum absolute atomic E-state index is 13.3. The summed E-state index contributed by atoms with van der Waals surface area (Å²) in [4.78, 5) is 20.1. The van der Waals surface area contributed by atoms with Crippen molar-refractivity contribution in [1.82, 2.24) is 14.5 Å². The Morgan fingerprint density at radius 3 is 2.38 bits per heavy atom. The van der Waals surface area contributed by atoms with Gasteiger partial charge in [-0.05, 0) is 49.2 Å². The summed E-state index contributed by atoms with van der Waals surface area (Å²) in [5, 5.41) is 1.29. The molecule has 29 heavy (non-hydrogen) atoms. The molecule has 0 N–H and O–H groups in total. The molecule has 1 saturated carbocycles. The molecule has 1 aliphatic carbocycles. The summed E-state index contributed by atoms with van der Waals surface area (Å²) in [7, 11) is 0. The second kappa shape index (κ2) is 7.51. The predicted octanol–water partition coefficient (Wildman–Crippen LogP) is 6.13. The van der Waals surface area contributed by atoms with Crippen molar-refractivity contribution in [2.45, 2.75) is 44.7 Å².